The zero-order chi connectivity index (χ0) is 20.2. The molecule has 1 atom stereocenters. The third kappa shape index (κ3) is 4.31. The number of methoxy groups -OCH3 is 1. The molecule has 6 nitrogen and oxygen atoms in total. The number of pyridine rings is 1. The molecule has 3 heterocycles. The molecular weight excluding hydrogens is 371 g/mol. The van der Waals surface area contributed by atoms with Crippen LogP contribution in [-0.2, 0) is 6.54 Å². The van der Waals surface area contributed by atoms with E-state index in [1.807, 2.05) is 18.2 Å². The van der Waals surface area contributed by atoms with Crippen LogP contribution in [0.25, 0.3) is 11.3 Å². The van der Waals surface area contributed by atoms with Crippen LogP contribution in [0.3, 0.4) is 0 Å². The second-order valence-electron chi connectivity index (χ2n) is 7.43. The number of aromatic amines is 1. The zero-order valence-corrected chi connectivity index (χ0v) is 16.4. The topological polar surface area (TPSA) is 74.3 Å². The van der Waals surface area contributed by atoms with Crippen molar-refractivity contribution in [2.45, 2.75) is 25.5 Å². The van der Waals surface area contributed by atoms with E-state index < -0.39 is 6.10 Å². The first kappa shape index (κ1) is 19.5. The number of aliphatic hydroxyl groups excluding tert-OH is 1. The number of aromatic nitrogens is 3. The minimum absolute atomic E-state index is 0.198. The third-order valence-corrected chi connectivity index (χ3v) is 5.63. The molecule has 152 valence electrons. The predicted molar refractivity (Wildman–Crippen MR) is 108 cm³/mol. The lowest BCUT2D eigenvalue weighted by atomic mass is 9.89. The quantitative estimate of drug-likeness (QED) is 0.666. The molecule has 0 bridgehead atoms. The summed E-state index contributed by atoms with van der Waals surface area (Å²) in [7, 11) is 1.52. The predicted octanol–water partition coefficient (Wildman–Crippen LogP) is 3.57. The van der Waals surface area contributed by atoms with E-state index in [2.05, 4.69) is 20.1 Å². The summed E-state index contributed by atoms with van der Waals surface area (Å²) in [6.45, 7) is 2.41. The molecule has 7 heteroatoms. The van der Waals surface area contributed by atoms with E-state index in [1.165, 1.54) is 13.2 Å². The number of H-pyrrole nitrogens is 1. The highest BCUT2D eigenvalue weighted by molar-refractivity contribution is 5.64. The summed E-state index contributed by atoms with van der Waals surface area (Å²) in [6.07, 6.45) is 4.72. The molecule has 2 aromatic heterocycles. The molecular formula is C22H25FN4O2. The summed E-state index contributed by atoms with van der Waals surface area (Å²) in [6, 6.07) is 10.5. The normalized spacial score (nSPS) is 16.7. The number of nitrogens with zero attached hydrogens (tertiary/aromatic N) is 3. The fraction of sp³-hybridized carbons (Fsp3) is 0.364. The number of ether oxygens (including phenoxy) is 1. The smallest absolute Gasteiger partial charge is 0.136 e. The lowest BCUT2D eigenvalue weighted by Gasteiger charge is -2.34. The lowest BCUT2D eigenvalue weighted by Crippen LogP contribution is -2.35. The molecule has 1 aliphatic heterocycles. The van der Waals surface area contributed by atoms with Gasteiger partial charge in [0.25, 0.3) is 0 Å². The van der Waals surface area contributed by atoms with Gasteiger partial charge in [-0.05, 0) is 56.1 Å². The van der Waals surface area contributed by atoms with Gasteiger partial charge in [0.1, 0.15) is 11.6 Å². The van der Waals surface area contributed by atoms with Gasteiger partial charge in [-0.3, -0.25) is 15.0 Å². The van der Waals surface area contributed by atoms with Crippen molar-refractivity contribution in [2.75, 3.05) is 20.2 Å². The summed E-state index contributed by atoms with van der Waals surface area (Å²) in [5, 5.41) is 17.7. The molecule has 2 N–H and O–H groups in total. The molecule has 3 aromatic rings. The first-order valence-corrected chi connectivity index (χ1v) is 9.83. The maximum absolute atomic E-state index is 14.5. The van der Waals surface area contributed by atoms with Gasteiger partial charge in [-0.2, -0.15) is 5.10 Å². The molecule has 1 aromatic carbocycles. The minimum atomic E-state index is -0.531. The summed E-state index contributed by atoms with van der Waals surface area (Å²) >= 11 is 0. The highest BCUT2D eigenvalue weighted by atomic mass is 19.1. The highest BCUT2D eigenvalue weighted by Crippen LogP contribution is 2.32. The molecule has 0 saturated carbocycles. The van der Waals surface area contributed by atoms with Crippen molar-refractivity contribution in [1.82, 2.24) is 20.1 Å². The van der Waals surface area contributed by atoms with Crippen molar-refractivity contribution in [3.63, 3.8) is 0 Å². The number of hydrogen-bond acceptors (Lipinski definition) is 5. The first-order chi connectivity index (χ1) is 14.2. The van der Waals surface area contributed by atoms with E-state index in [1.54, 1.807) is 24.5 Å². The summed E-state index contributed by atoms with van der Waals surface area (Å²) in [4.78, 5) is 6.60. The lowest BCUT2D eigenvalue weighted by molar-refractivity contribution is 0.0540. The Morgan fingerprint density at radius 3 is 2.79 bits per heavy atom. The van der Waals surface area contributed by atoms with Gasteiger partial charge in [0.15, 0.2) is 0 Å². The van der Waals surface area contributed by atoms with E-state index in [9.17, 15) is 9.50 Å². The van der Waals surface area contributed by atoms with Gasteiger partial charge in [0, 0.05) is 29.9 Å². The Bertz CT molecular complexity index is 939. The Morgan fingerprint density at radius 2 is 2.10 bits per heavy atom. The van der Waals surface area contributed by atoms with E-state index in [4.69, 9.17) is 4.74 Å². The largest absolute Gasteiger partial charge is 0.497 e. The number of benzene rings is 1. The number of nitrogens with one attached hydrogen (secondary N) is 1. The van der Waals surface area contributed by atoms with Crippen molar-refractivity contribution in [1.29, 1.82) is 0 Å². The second-order valence-corrected chi connectivity index (χ2v) is 7.43. The molecule has 1 fully saturated rings. The summed E-state index contributed by atoms with van der Waals surface area (Å²) in [5.74, 6) is 0.344. The maximum Gasteiger partial charge on any atom is 0.136 e. The molecule has 0 unspecified atom stereocenters. The van der Waals surface area contributed by atoms with E-state index in [0.717, 1.165) is 37.2 Å². The van der Waals surface area contributed by atoms with Crippen molar-refractivity contribution < 1.29 is 14.2 Å². The van der Waals surface area contributed by atoms with Crippen molar-refractivity contribution >= 4 is 0 Å². The van der Waals surface area contributed by atoms with E-state index >= 15 is 0 Å². The van der Waals surface area contributed by atoms with Crippen LogP contribution in [0.1, 0.15) is 30.2 Å². The zero-order valence-electron chi connectivity index (χ0n) is 16.4. The molecule has 4 rings (SSSR count). The number of aliphatic hydroxyl groups is 1. The Balaban J connectivity index is 1.40. The maximum atomic E-state index is 14.5. The minimum Gasteiger partial charge on any atom is -0.497 e. The van der Waals surface area contributed by atoms with Crippen molar-refractivity contribution in [3.8, 4) is 17.0 Å². The van der Waals surface area contributed by atoms with Crippen LogP contribution in [0.5, 0.6) is 5.75 Å². The number of likely N-dealkylation sites (tertiary alicyclic amines) is 1. The van der Waals surface area contributed by atoms with Crippen LogP contribution in [0.15, 0.2) is 48.8 Å². The van der Waals surface area contributed by atoms with Crippen LogP contribution in [0, 0.1) is 11.7 Å². The number of rotatable bonds is 6. The fourth-order valence-electron chi connectivity index (χ4n) is 3.95. The monoisotopic (exact) mass is 396 g/mol. The van der Waals surface area contributed by atoms with Crippen LogP contribution in [0.4, 0.5) is 4.39 Å². The molecule has 29 heavy (non-hydrogen) atoms. The van der Waals surface area contributed by atoms with Gasteiger partial charge in [0.05, 0.1) is 30.8 Å². The summed E-state index contributed by atoms with van der Waals surface area (Å²) in [5.41, 5.74) is 2.87. The second kappa shape index (κ2) is 8.71. The van der Waals surface area contributed by atoms with Crippen molar-refractivity contribution in [3.05, 3.63) is 65.9 Å². The van der Waals surface area contributed by atoms with Gasteiger partial charge in [-0.15, -0.1) is 0 Å². The standard InChI is InChI=1S/C22H25FN4O2/c1-29-17-5-6-18(19(23)12-17)21-16(13-25-26-21)14-27-10-7-15(8-11-27)22(28)20-4-2-3-9-24-20/h2-6,9,12-13,15,22,28H,7-8,10-11,14H2,1H3,(H,25,26)/t22-/m0/s1. The van der Waals surface area contributed by atoms with E-state index in [-0.39, 0.29) is 11.7 Å². The van der Waals surface area contributed by atoms with Crippen LogP contribution in [0.2, 0.25) is 0 Å². The van der Waals surface area contributed by atoms with Gasteiger partial charge in [-0.25, -0.2) is 4.39 Å². The Morgan fingerprint density at radius 1 is 1.28 bits per heavy atom. The fourth-order valence-corrected chi connectivity index (χ4v) is 3.95. The van der Waals surface area contributed by atoms with Crippen molar-refractivity contribution in [2.24, 2.45) is 5.92 Å². The molecule has 0 radical (unpaired) electrons. The number of halogens is 1. The van der Waals surface area contributed by atoms with Crippen LogP contribution in [-0.4, -0.2) is 45.4 Å². The Hall–Kier alpha value is -2.77. The SMILES string of the molecule is COc1ccc(-c2[nH]ncc2CN2CCC([C@H](O)c3ccccn3)CC2)c(F)c1. The molecule has 1 saturated heterocycles. The van der Waals surface area contributed by atoms with Gasteiger partial charge in [0.2, 0.25) is 0 Å². The summed E-state index contributed by atoms with van der Waals surface area (Å²) < 4.78 is 19.6. The average molecular weight is 396 g/mol. The number of piperidine rings is 1. The molecule has 0 amide bonds. The van der Waals surface area contributed by atoms with Crippen LogP contribution >= 0.6 is 0 Å². The Kier molecular flexibility index (Phi) is 5.87. The Labute approximate surface area is 169 Å². The van der Waals surface area contributed by atoms with Gasteiger partial charge in [-0.1, -0.05) is 6.07 Å². The molecule has 0 spiro atoms. The van der Waals surface area contributed by atoms with Gasteiger partial charge >= 0.3 is 0 Å². The van der Waals surface area contributed by atoms with Gasteiger partial charge < -0.3 is 9.84 Å². The van der Waals surface area contributed by atoms with E-state index in [0.29, 0.717) is 23.6 Å². The first-order valence-electron chi connectivity index (χ1n) is 9.83. The third-order valence-electron chi connectivity index (χ3n) is 5.63. The molecule has 0 aliphatic carbocycles. The molecule has 1 aliphatic rings. The highest BCUT2D eigenvalue weighted by Gasteiger charge is 2.27. The average Bonchev–Trinajstić information content (AvgIpc) is 3.22. The van der Waals surface area contributed by atoms with Crippen LogP contribution < -0.4 is 4.74 Å². The number of hydrogen-bond donors (Lipinski definition) is 2.